The van der Waals surface area contributed by atoms with E-state index in [1.54, 1.807) is 6.92 Å². The van der Waals surface area contributed by atoms with Gasteiger partial charge in [0.2, 0.25) is 0 Å². The van der Waals surface area contributed by atoms with Crippen molar-refractivity contribution in [2.45, 2.75) is 70.7 Å². The van der Waals surface area contributed by atoms with Crippen molar-refractivity contribution >= 4 is 30.6 Å². The highest BCUT2D eigenvalue weighted by Crippen LogP contribution is 2.42. The van der Waals surface area contributed by atoms with Crippen LogP contribution < -0.4 is 10.4 Å². The Labute approximate surface area is 208 Å². The fourth-order valence-electron chi connectivity index (χ4n) is 5.33. The summed E-state index contributed by atoms with van der Waals surface area (Å²) in [5.41, 5.74) is 7.53. The summed E-state index contributed by atoms with van der Waals surface area (Å²) in [5, 5.41) is 5.41. The van der Waals surface area contributed by atoms with E-state index < -0.39 is 32.2 Å². The number of cyclic esters (lactones) is 1. The first-order valence-corrected chi connectivity index (χ1v) is 13.7. The molecule has 35 heavy (non-hydrogen) atoms. The molecule has 1 amide bonds. The van der Waals surface area contributed by atoms with Crippen molar-refractivity contribution in [2.75, 3.05) is 6.67 Å². The molecular formula is C26H34N4O4Si. The summed E-state index contributed by atoms with van der Waals surface area (Å²) in [7, 11) is -2.98. The number of ether oxygens (including phenoxy) is 1. The Bertz CT molecular complexity index is 1060. The van der Waals surface area contributed by atoms with Gasteiger partial charge in [-0.2, -0.15) is 0 Å². The van der Waals surface area contributed by atoms with Gasteiger partial charge in [0.25, 0.3) is 8.32 Å². The van der Waals surface area contributed by atoms with Crippen LogP contribution in [0.2, 0.25) is 5.04 Å². The highest BCUT2D eigenvalue weighted by molar-refractivity contribution is 6.99. The second-order valence-electron chi connectivity index (χ2n) is 10.1. The molecule has 0 N–H and O–H groups in total. The minimum absolute atomic E-state index is 0.254. The lowest BCUT2D eigenvalue weighted by atomic mass is 9.86. The maximum absolute atomic E-state index is 12.9. The molecule has 1 fully saturated rings. The lowest BCUT2D eigenvalue weighted by Gasteiger charge is -2.48. The number of benzene rings is 2. The van der Waals surface area contributed by atoms with Crippen LogP contribution in [0.4, 0.5) is 4.79 Å². The largest absolute Gasteiger partial charge is 0.438 e. The lowest BCUT2D eigenvalue weighted by Crippen LogP contribution is -2.70. The molecule has 0 spiro atoms. The maximum Gasteiger partial charge on any atom is 0.411 e. The van der Waals surface area contributed by atoms with Gasteiger partial charge in [0, 0.05) is 4.91 Å². The Morgan fingerprint density at radius 3 is 2.09 bits per heavy atom. The van der Waals surface area contributed by atoms with Gasteiger partial charge in [-0.25, -0.2) is 4.79 Å². The zero-order valence-electron chi connectivity index (χ0n) is 21.3. The molecule has 186 valence electrons. The molecule has 2 aromatic rings. The topological polar surface area (TPSA) is 105 Å². The number of Topliss-reactive ketones (excluding diaryl/α,β-unsaturated/α-hetero) is 1. The van der Waals surface area contributed by atoms with Crippen molar-refractivity contribution in [1.82, 2.24) is 4.90 Å². The second kappa shape index (κ2) is 10.2. The van der Waals surface area contributed by atoms with E-state index >= 15 is 0 Å². The van der Waals surface area contributed by atoms with Crippen LogP contribution in [0.15, 0.2) is 65.8 Å². The summed E-state index contributed by atoms with van der Waals surface area (Å²) in [6.07, 6.45) is -0.778. The number of carbonyl (C=O) groups excluding carboxylic acids is 2. The van der Waals surface area contributed by atoms with Crippen LogP contribution in [0.1, 0.15) is 48.0 Å². The van der Waals surface area contributed by atoms with Gasteiger partial charge in [0.1, 0.15) is 12.7 Å². The fourth-order valence-corrected chi connectivity index (χ4v) is 10.2. The molecule has 8 nitrogen and oxygen atoms in total. The van der Waals surface area contributed by atoms with Gasteiger partial charge in [-0.05, 0) is 41.2 Å². The molecule has 1 aliphatic heterocycles. The minimum atomic E-state index is -2.98. The van der Waals surface area contributed by atoms with Gasteiger partial charge in [-0.1, -0.05) is 93.5 Å². The maximum atomic E-state index is 12.9. The molecule has 0 saturated carbocycles. The van der Waals surface area contributed by atoms with E-state index in [4.69, 9.17) is 14.7 Å². The van der Waals surface area contributed by atoms with Crippen molar-refractivity contribution in [2.24, 2.45) is 5.11 Å². The van der Waals surface area contributed by atoms with E-state index in [2.05, 4.69) is 55.1 Å². The Hall–Kier alpha value is -3.13. The lowest BCUT2D eigenvalue weighted by molar-refractivity contribution is -0.128. The molecule has 3 rings (SSSR count). The number of amides is 1. The smallest absolute Gasteiger partial charge is 0.411 e. The summed E-state index contributed by atoms with van der Waals surface area (Å²) in [6.45, 7) is 11.4. The molecule has 0 bridgehead atoms. The van der Waals surface area contributed by atoms with Crippen molar-refractivity contribution in [3.8, 4) is 0 Å². The van der Waals surface area contributed by atoms with Crippen LogP contribution in [-0.4, -0.2) is 49.5 Å². The number of hydrogen-bond acceptors (Lipinski definition) is 5. The SMILES string of the molecule is CC[C@@H](O[Si](c1ccccc1)(c1ccccc1)C(C)(C)C)[C@@]1(C)OC(=O)N(CN=[N+]=[N-])[C@@H]1C(C)=O. The number of carbonyl (C=O) groups is 2. The van der Waals surface area contributed by atoms with Gasteiger partial charge in [0.05, 0.1) is 6.10 Å². The van der Waals surface area contributed by atoms with Crippen molar-refractivity contribution in [3.05, 3.63) is 71.1 Å². The zero-order valence-corrected chi connectivity index (χ0v) is 22.3. The standard InChI is InChI=1S/C26H34N4O4Si/c1-7-22(26(6)23(19(2)31)30(18-28-29-27)24(32)33-26)34-35(25(3,4)5,20-14-10-8-11-15-20)21-16-12-9-13-17-21/h8-17,22-23H,7,18H2,1-6H3/t22-,23-,26-/m1/s1. The number of ketones is 1. The highest BCUT2D eigenvalue weighted by Gasteiger charge is 2.61. The number of rotatable bonds is 9. The quantitative estimate of drug-likeness (QED) is 0.216. The van der Waals surface area contributed by atoms with E-state index in [9.17, 15) is 9.59 Å². The summed E-state index contributed by atoms with van der Waals surface area (Å²) < 4.78 is 13.2. The van der Waals surface area contributed by atoms with Crippen LogP contribution in [0.25, 0.3) is 10.4 Å². The number of nitrogens with zero attached hydrogens (tertiary/aromatic N) is 4. The predicted molar refractivity (Wildman–Crippen MR) is 138 cm³/mol. The van der Waals surface area contributed by atoms with Gasteiger partial charge < -0.3 is 9.16 Å². The normalized spacial score (nSPS) is 21.3. The van der Waals surface area contributed by atoms with E-state index in [1.165, 1.54) is 11.8 Å². The van der Waals surface area contributed by atoms with Crippen molar-refractivity contribution in [3.63, 3.8) is 0 Å². The van der Waals surface area contributed by atoms with E-state index in [1.807, 2.05) is 43.3 Å². The van der Waals surface area contributed by atoms with Crippen LogP contribution in [0.3, 0.4) is 0 Å². The van der Waals surface area contributed by atoms with E-state index in [0.717, 1.165) is 10.4 Å². The Kier molecular flexibility index (Phi) is 7.74. The fraction of sp³-hybridized carbons (Fsp3) is 0.462. The van der Waals surface area contributed by atoms with E-state index in [0.29, 0.717) is 6.42 Å². The van der Waals surface area contributed by atoms with Crippen LogP contribution >= 0.6 is 0 Å². The first-order valence-electron chi connectivity index (χ1n) is 11.8. The summed E-state index contributed by atoms with van der Waals surface area (Å²) >= 11 is 0. The van der Waals surface area contributed by atoms with Crippen LogP contribution in [0.5, 0.6) is 0 Å². The Balaban J connectivity index is 2.20. The number of hydrogen-bond donors (Lipinski definition) is 0. The third-order valence-electron chi connectivity index (χ3n) is 6.81. The van der Waals surface area contributed by atoms with Gasteiger partial charge in [-0.3, -0.25) is 9.69 Å². The summed E-state index contributed by atoms with van der Waals surface area (Å²) in [5.74, 6) is -0.254. The third-order valence-corrected chi connectivity index (χ3v) is 11.8. The molecule has 0 radical (unpaired) electrons. The van der Waals surface area contributed by atoms with Gasteiger partial charge in [-0.15, -0.1) is 0 Å². The molecular weight excluding hydrogens is 460 g/mol. The molecule has 2 aromatic carbocycles. The Morgan fingerprint density at radius 1 is 1.17 bits per heavy atom. The Morgan fingerprint density at radius 2 is 1.69 bits per heavy atom. The second-order valence-corrected chi connectivity index (χ2v) is 14.3. The molecule has 1 saturated heterocycles. The highest BCUT2D eigenvalue weighted by atomic mass is 28.4. The minimum Gasteiger partial charge on any atom is -0.438 e. The average Bonchev–Trinajstić information content (AvgIpc) is 3.08. The predicted octanol–water partition coefficient (Wildman–Crippen LogP) is 4.78. The van der Waals surface area contributed by atoms with Crippen LogP contribution in [0, 0.1) is 0 Å². The summed E-state index contributed by atoms with van der Waals surface area (Å²) in [6, 6.07) is 19.4. The number of azide groups is 1. The summed E-state index contributed by atoms with van der Waals surface area (Å²) in [4.78, 5) is 29.7. The van der Waals surface area contributed by atoms with E-state index in [-0.39, 0.29) is 17.5 Å². The average molecular weight is 495 g/mol. The monoisotopic (exact) mass is 494 g/mol. The molecule has 0 unspecified atom stereocenters. The third kappa shape index (κ3) is 4.71. The molecule has 9 heteroatoms. The molecule has 0 aliphatic carbocycles. The van der Waals surface area contributed by atoms with Gasteiger partial charge in [0.15, 0.2) is 11.4 Å². The van der Waals surface area contributed by atoms with Crippen LogP contribution in [-0.2, 0) is 14.0 Å². The van der Waals surface area contributed by atoms with Crippen molar-refractivity contribution < 1.29 is 18.8 Å². The van der Waals surface area contributed by atoms with Gasteiger partial charge >= 0.3 is 6.09 Å². The first kappa shape index (κ1) is 26.5. The molecule has 1 heterocycles. The molecule has 0 aromatic heterocycles. The zero-order chi connectivity index (χ0) is 25.9. The first-order chi connectivity index (χ1) is 16.5. The van der Waals surface area contributed by atoms with Crippen molar-refractivity contribution in [1.29, 1.82) is 0 Å². The molecule has 1 aliphatic rings. The molecule has 3 atom stereocenters.